The highest BCUT2D eigenvalue weighted by Crippen LogP contribution is 2.39. The maximum absolute atomic E-state index is 12.3. The second kappa shape index (κ2) is 15.9. The summed E-state index contributed by atoms with van der Waals surface area (Å²) in [6.07, 6.45) is 4.83. The van der Waals surface area contributed by atoms with E-state index < -0.39 is 12.1 Å². The number of nitrogens with zero attached hydrogens (tertiary/aromatic N) is 1. The summed E-state index contributed by atoms with van der Waals surface area (Å²) < 4.78 is 24.9. The molecular weight excluding hydrogens is 562 g/mol. The zero-order valence-corrected chi connectivity index (χ0v) is 25.8. The number of amides is 2. The van der Waals surface area contributed by atoms with E-state index in [0.717, 1.165) is 80.4 Å². The lowest BCUT2D eigenvalue weighted by molar-refractivity contribution is -0.255. The molecule has 2 aromatic rings. The molecule has 3 heterocycles. The molecule has 3 aliphatic rings. The van der Waals surface area contributed by atoms with Crippen molar-refractivity contribution in [1.82, 2.24) is 15.5 Å². The predicted octanol–water partition coefficient (Wildman–Crippen LogP) is 3.88. The number of piperidine rings is 1. The fraction of sp³-hybridized carbons (Fsp3) is 0.588. The van der Waals surface area contributed by atoms with Crippen molar-refractivity contribution in [3.05, 3.63) is 70.8 Å². The van der Waals surface area contributed by atoms with Gasteiger partial charge in [-0.3, -0.25) is 9.59 Å². The normalized spacial score (nSPS) is 23.5. The summed E-state index contributed by atoms with van der Waals surface area (Å²) >= 11 is 0. The maximum atomic E-state index is 12.3. The number of likely N-dealkylation sites (tertiary alicyclic amines) is 1. The lowest BCUT2D eigenvalue weighted by Crippen LogP contribution is -2.48. The third-order valence-electron chi connectivity index (χ3n) is 8.70. The summed E-state index contributed by atoms with van der Waals surface area (Å²) in [4.78, 5) is 25.7. The van der Waals surface area contributed by atoms with E-state index in [1.165, 1.54) is 6.92 Å². The third kappa shape index (κ3) is 9.32. The molecule has 3 aliphatic heterocycles. The first-order valence-corrected chi connectivity index (χ1v) is 16.0. The van der Waals surface area contributed by atoms with Gasteiger partial charge in [0.05, 0.1) is 32.0 Å². The summed E-state index contributed by atoms with van der Waals surface area (Å²) in [5.41, 5.74) is 3.89. The van der Waals surface area contributed by atoms with Crippen LogP contribution in [-0.4, -0.2) is 73.1 Å². The summed E-state index contributed by atoms with van der Waals surface area (Å²) in [7, 11) is 0. The molecular formula is C34H47N3O7. The molecule has 0 radical (unpaired) electrons. The van der Waals surface area contributed by atoms with E-state index in [1.807, 2.05) is 48.5 Å². The Bertz CT molecular complexity index is 1190. The summed E-state index contributed by atoms with van der Waals surface area (Å²) in [5, 5.41) is 15.3. The van der Waals surface area contributed by atoms with Gasteiger partial charge in [0.15, 0.2) is 12.1 Å². The number of carbonyl (C=O) groups excluding carboxylic acids is 2. The standard InChI is InChI=1S/C34H47N3O7/c1-25(39)35-16-4-2-3-5-32(40)36-22-26-6-12-29(13-7-26)33-43-30(21-31(44-33)28-10-8-27(24-38)9-11-28)23-37-17-14-34(15-18-37)41-19-20-42-34/h6-13,30-31,33,38H,2-5,14-24H2,1H3,(H,35,39)(H,36,40). The first-order chi connectivity index (χ1) is 21.4. The molecule has 3 saturated heterocycles. The number of aliphatic hydroxyl groups is 1. The molecule has 10 heteroatoms. The largest absolute Gasteiger partial charge is 0.392 e. The lowest BCUT2D eigenvalue weighted by Gasteiger charge is -2.41. The number of rotatable bonds is 13. The molecule has 240 valence electrons. The topological polar surface area (TPSA) is 119 Å². The van der Waals surface area contributed by atoms with E-state index in [-0.39, 0.29) is 30.6 Å². The highest BCUT2D eigenvalue weighted by molar-refractivity contribution is 5.75. The van der Waals surface area contributed by atoms with E-state index in [0.29, 0.717) is 32.7 Å². The van der Waals surface area contributed by atoms with E-state index in [2.05, 4.69) is 15.5 Å². The van der Waals surface area contributed by atoms with Crippen LogP contribution < -0.4 is 10.6 Å². The molecule has 3 N–H and O–H groups in total. The smallest absolute Gasteiger partial charge is 0.220 e. The van der Waals surface area contributed by atoms with Crippen molar-refractivity contribution < 1.29 is 33.6 Å². The number of aliphatic hydroxyl groups excluding tert-OH is 1. The van der Waals surface area contributed by atoms with Gasteiger partial charge in [-0.05, 0) is 29.5 Å². The van der Waals surface area contributed by atoms with Gasteiger partial charge in [-0.2, -0.15) is 0 Å². The van der Waals surface area contributed by atoms with Crippen molar-refractivity contribution in [1.29, 1.82) is 0 Å². The van der Waals surface area contributed by atoms with Crippen LogP contribution in [0.15, 0.2) is 48.5 Å². The van der Waals surface area contributed by atoms with Gasteiger partial charge in [-0.15, -0.1) is 0 Å². The Kier molecular flexibility index (Phi) is 11.8. The van der Waals surface area contributed by atoms with Crippen LogP contribution in [0, 0.1) is 0 Å². The van der Waals surface area contributed by atoms with Crippen LogP contribution >= 0.6 is 0 Å². The molecule has 0 aliphatic carbocycles. The number of unbranched alkanes of at least 4 members (excludes halogenated alkanes) is 2. The molecule has 2 aromatic carbocycles. The van der Waals surface area contributed by atoms with Gasteiger partial charge in [0.2, 0.25) is 11.8 Å². The second-order valence-electron chi connectivity index (χ2n) is 12.1. The summed E-state index contributed by atoms with van der Waals surface area (Å²) in [6, 6.07) is 16.0. The van der Waals surface area contributed by atoms with Crippen molar-refractivity contribution in [2.75, 3.05) is 39.4 Å². The van der Waals surface area contributed by atoms with Gasteiger partial charge < -0.3 is 39.6 Å². The van der Waals surface area contributed by atoms with Gasteiger partial charge in [-0.1, -0.05) is 55.0 Å². The summed E-state index contributed by atoms with van der Waals surface area (Å²) in [5.74, 6) is -0.396. The average molecular weight is 610 g/mol. The van der Waals surface area contributed by atoms with Crippen LogP contribution in [0.2, 0.25) is 0 Å². The molecule has 3 atom stereocenters. The van der Waals surface area contributed by atoms with E-state index in [9.17, 15) is 14.7 Å². The molecule has 0 aromatic heterocycles. The fourth-order valence-corrected chi connectivity index (χ4v) is 6.12. The Morgan fingerprint density at radius 3 is 2.25 bits per heavy atom. The van der Waals surface area contributed by atoms with Gasteiger partial charge in [0, 0.05) is 70.9 Å². The zero-order valence-electron chi connectivity index (χ0n) is 25.8. The molecule has 0 bridgehead atoms. The molecule has 3 unspecified atom stereocenters. The van der Waals surface area contributed by atoms with Crippen LogP contribution in [0.5, 0.6) is 0 Å². The van der Waals surface area contributed by atoms with Crippen molar-refractivity contribution in [3.63, 3.8) is 0 Å². The van der Waals surface area contributed by atoms with Gasteiger partial charge in [0.1, 0.15) is 0 Å². The maximum Gasteiger partial charge on any atom is 0.220 e. The van der Waals surface area contributed by atoms with Gasteiger partial charge in [-0.25, -0.2) is 0 Å². The Labute approximate surface area is 260 Å². The average Bonchev–Trinajstić information content (AvgIpc) is 3.51. The van der Waals surface area contributed by atoms with E-state index >= 15 is 0 Å². The number of nitrogens with one attached hydrogen (secondary N) is 2. The van der Waals surface area contributed by atoms with Crippen molar-refractivity contribution >= 4 is 11.8 Å². The first-order valence-electron chi connectivity index (χ1n) is 16.0. The highest BCUT2D eigenvalue weighted by atomic mass is 16.7. The molecule has 10 nitrogen and oxygen atoms in total. The van der Waals surface area contributed by atoms with Crippen LogP contribution in [0.3, 0.4) is 0 Å². The fourth-order valence-electron chi connectivity index (χ4n) is 6.12. The predicted molar refractivity (Wildman–Crippen MR) is 164 cm³/mol. The monoisotopic (exact) mass is 609 g/mol. The molecule has 3 fully saturated rings. The molecule has 5 rings (SSSR count). The van der Waals surface area contributed by atoms with Crippen LogP contribution in [0.4, 0.5) is 0 Å². The SMILES string of the molecule is CC(=O)NCCCCCC(=O)NCc1ccc(C2OC(CN3CCC4(CC3)OCCO4)CC(c3ccc(CO)cc3)O2)cc1. The first kappa shape index (κ1) is 32.5. The minimum atomic E-state index is -0.518. The molecule has 1 spiro atoms. The van der Waals surface area contributed by atoms with Crippen molar-refractivity contribution in [2.45, 2.75) is 89.3 Å². The zero-order chi connectivity index (χ0) is 30.8. The molecule has 44 heavy (non-hydrogen) atoms. The Morgan fingerprint density at radius 1 is 0.886 bits per heavy atom. The third-order valence-corrected chi connectivity index (χ3v) is 8.70. The second-order valence-corrected chi connectivity index (χ2v) is 12.1. The minimum absolute atomic E-state index is 0.0107. The Hall–Kier alpha value is -2.86. The Morgan fingerprint density at radius 2 is 1.57 bits per heavy atom. The van der Waals surface area contributed by atoms with Gasteiger partial charge in [0.25, 0.3) is 0 Å². The van der Waals surface area contributed by atoms with Crippen LogP contribution in [0.25, 0.3) is 0 Å². The van der Waals surface area contributed by atoms with Crippen LogP contribution in [-0.2, 0) is 41.7 Å². The molecule has 0 saturated carbocycles. The molecule has 2 amide bonds. The number of ether oxygens (including phenoxy) is 4. The number of hydrogen-bond donors (Lipinski definition) is 3. The van der Waals surface area contributed by atoms with Crippen molar-refractivity contribution in [2.24, 2.45) is 0 Å². The van der Waals surface area contributed by atoms with Gasteiger partial charge >= 0.3 is 0 Å². The van der Waals surface area contributed by atoms with E-state index in [4.69, 9.17) is 18.9 Å². The van der Waals surface area contributed by atoms with E-state index in [1.54, 1.807) is 0 Å². The van der Waals surface area contributed by atoms with Crippen LogP contribution in [0.1, 0.15) is 86.5 Å². The minimum Gasteiger partial charge on any atom is -0.392 e. The number of hydrogen-bond acceptors (Lipinski definition) is 8. The Balaban J connectivity index is 1.15. The highest BCUT2D eigenvalue weighted by Gasteiger charge is 2.41. The van der Waals surface area contributed by atoms with Crippen molar-refractivity contribution in [3.8, 4) is 0 Å². The quantitative estimate of drug-likeness (QED) is 0.293. The summed E-state index contributed by atoms with van der Waals surface area (Å²) in [6.45, 7) is 6.59. The number of benzene rings is 2. The number of carbonyl (C=O) groups is 2. The lowest BCUT2D eigenvalue weighted by atomic mass is 9.98.